The van der Waals surface area contributed by atoms with Gasteiger partial charge in [-0.1, -0.05) is 12.1 Å². The van der Waals surface area contributed by atoms with Crippen molar-refractivity contribution in [3.8, 4) is 5.75 Å². The molecule has 0 bridgehead atoms. The van der Waals surface area contributed by atoms with Crippen LogP contribution in [0, 0.1) is 0 Å². The van der Waals surface area contributed by atoms with Crippen LogP contribution in [0.5, 0.6) is 5.75 Å². The van der Waals surface area contributed by atoms with Gasteiger partial charge in [0.15, 0.2) is 0 Å². The first kappa shape index (κ1) is 11.3. The molecule has 1 aromatic rings. The number of benzene rings is 1. The molecule has 1 aromatic carbocycles. The predicted octanol–water partition coefficient (Wildman–Crippen LogP) is 3.46. The van der Waals surface area contributed by atoms with E-state index in [-0.39, 0.29) is 6.10 Å². The fourth-order valence-corrected chi connectivity index (χ4v) is 2.21. The molecule has 1 fully saturated rings. The van der Waals surface area contributed by atoms with Gasteiger partial charge < -0.3 is 9.64 Å². The van der Waals surface area contributed by atoms with Crippen LogP contribution in [0.2, 0.25) is 0 Å². The Labute approximate surface area is 98.2 Å². The maximum Gasteiger partial charge on any atom is 0.142 e. The minimum Gasteiger partial charge on any atom is -0.489 e. The van der Waals surface area contributed by atoms with Crippen LogP contribution < -0.4 is 9.64 Å². The molecule has 0 aliphatic carbocycles. The van der Waals surface area contributed by atoms with Crippen molar-refractivity contribution in [1.29, 1.82) is 0 Å². The Bertz CT molecular complexity index is 329. The summed E-state index contributed by atoms with van der Waals surface area (Å²) in [7, 11) is 0. The molecule has 0 unspecified atom stereocenters. The van der Waals surface area contributed by atoms with Gasteiger partial charge in [0.05, 0.1) is 11.8 Å². The van der Waals surface area contributed by atoms with E-state index in [4.69, 9.17) is 4.74 Å². The van der Waals surface area contributed by atoms with Crippen LogP contribution in [0.4, 0.5) is 5.69 Å². The summed E-state index contributed by atoms with van der Waals surface area (Å²) in [4.78, 5) is 2.45. The summed E-state index contributed by atoms with van der Waals surface area (Å²) in [6, 6.07) is 8.38. The summed E-state index contributed by atoms with van der Waals surface area (Å²) in [6.45, 7) is 6.48. The maximum atomic E-state index is 5.86. The number of para-hydroxylation sites is 2. The normalized spacial score (nSPS) is 16.6. The Morgan fingerprint density at radius 2 is 1.75 bits per heavy atom. The van der Waals surface area contributed by atoms with E-state index < -0.39 is 0 Å². The number of anilines is 1. The monoisotopic (exact) mass is 219 g/mol. The first-order valence-corrected chi connectivity index (χ1v) is 6.28. The summed E-state index contributed by atoms with van der Waals surface area (Å²) in [5, 5.41) is 0. The van der Waals surface area contributed by atoms with Crippen LogP contribution in [0.25, 0.3) is 0 Å². The van der Waals surface area contributed by atoms with Crippen molar-refractivity contribution >= 4 is 5.69 Å². The minimum atomic E-state index is 0.242. The molecular formula is C14H21NO. The van der Waals surface area contributed by atoms with Gasteiger partial charge in [0.1, 0.15) is 5.75 Å². The quantitative estimate of drug-likeness (QED) is 0.772. The first-order chi connectivity index (χ1) is 7.77. The molecule has 1 saturated heterocycles. The lowest BCUT2D eigenvalue weighted by atomic mass is 10.1. The number of rotatable bonds is 3. The number of ether oxygens (including phenoxy) is 1. The van der Waals surface area contributed by atoms with E-state index in [9.17, 15) is 0 Å². The first-order valence-electron chi connectivity index (χ1n) is 6.28. The van der Waals surface area contributed by atoms with Crippen LogP contribution >= 0.6 is 0 Å². The van der Waals surface area contributed by atoms with E-state index in [1.54, 1.807) is 0 Å². The smallest absolute Gasteiger partial charge is 0.142 e. The van der Waals surface area contributed by atoms with E-state index >= 15 is 0 Å². The lowest BCUT2D eigenvalue weighted by molar-refractivity contribution is 0.242. The van der Waals surface area contributed by atoms with Gasteiger partial charge in [-0.05, 0) is 45.2 Å². The second-order valence-electron chi connectivity index (χ2n) is 4.68. The SMILES string of the molecule is CC(C)Oc1ccccc1N1CCCCC1. The molecule has 0 aromatic heterocycles. The zero-order valence-electron chi connectivity index (χ0n) is 10.3. The van der Waals surface area contributed by atoms with Gasteiger partial charge in [-0.2, -0.15) is 0 Å². The molecule has 0 spiro atoms. The van der Waals surface area contributed by atoms with E-state index in [2.05, 4.69) is 36.9 Å². The molecule has 1 heterocycles. The van der Waals surface area contributed by atoms with Gasteiger partial charge >= 0.3 is 0 Å². The average molecular weight is 219 g/mol. The molecule has 0 amide bonds. The molecule has 2 heteroatoms. The number of hydrogen-bond acceptors (Lipinski definition) is 2. The molecule has 2 nitrogen and oxygen atoms in total. The van der Waals surface area contributed by atoms with Gasteiger partial charge in [-0.3, -0.25) is 0 Å². The molecule has 0 N–H and O–H groups in total. The molecule has 0 atom stereocenters. The molecule has 1 aliphatic rings. The second kappa shape index (κ2) is 5.24. The minimum absolute atomic E-state index is 0.242. The largest absolute Gasteiger partial charge is 0.489 e. The molecule has 0 saturated carbocycles. The Kier molecular flexibility index (Phi) is 3.70. The third-order valence-corrected chi connectivity index (χ3v) is 2.92. The van der Waals surface area contributed by atoms with Gasteiger partial charge in [0.25, 0.3) is 0 Å². The highest BCUT2D eigenvalue weighted by molar-refractivity contribution is 5.58. The Morgan fingerprint density at radius 1 is 1.06 bits per heavy atom. The third kappa shape index (κ3) is 2.69. The number of hydrogen-bond donors (Lipinski definition) is 0. The van der Waals surface area contributed by atoms with Crippen molar-refractivity contribution in [3.05, 3.63) is 24.3 Å². The Morgan fingerprint density at radius 3 is 2.44 bits per heavy atom. The van der Waals surface area contributed by atoms with Crippen LogP contribution in [0.15, 0.2) is 24.3 Å². The summed E-state index contributed by atoms with van der Waals surface area (Å²) >= 11 is 0. The number of piperidine rings is 1. The summed E-state index contributed by atoms with van der Waals surface area (Å²) in [5.41, 5.74) is 1.26. The topological polar surface area (TPSA) is 12.5 Å². The highest BCUT2D eigenvalue weighted by atomic mass is 16.5. The average Bonchev–Trinajstić information content (AvgIpc) is 2.30. The third-order valence-electron chi connectivity index (χ3n) is 2.92. The van der Waals surface area contributed by atoms with Gasteiger partial charge in [0.2, 0.25) is 0 Å². The lowest BCUT2D eigenvalue weighted by Gasteiger charge is -2.30. The fourth-order valence-electron chi connectivity index (χ4n) is 2.21. The van der Waals surface area contributed by atoms with Gasteiger partial charge in [0, 0.05) is 13.1 Å². The van der Waals surface area contributed by atoms with E-state index in [1.165, 1.54) is 38.0 Å². The van der Waals surface area contributed by atoms with Crippen LogP contribution in [-0.4, -0.2) is 19.2 Å². The summed E-state index contributed by atoms with van der Waals surface area (Å²) < 4.78 is 5.86. The molecular weight excluding hydrogens is 198 g/mol. The van der Waals surface area contributed by atoms with Crippen LogP contribution in [-0.2, 0) is 0 Å². The van der Waals surface area contributed by atoms with Gasteiger partial charge in [-0.15, -0.1) is 0 Å². The molecule has 0 radical (unpaired) electrons. The van der Waals surface area contributed by atoms with Crippen molar-refractivity contribution < 1.29 is 4.74 Å². The van der Waals surface area contributed by atoms with Crippen molar-refractivity contribution in [1.82, 2.24) is 0 Å². The summed E-state index contributed by atoms with van der Waals surface area (Å²) in [6.07, 6.45) is 4.21. The Hall–Kier alpha value is -1.18. The van der Waals surface area contributed by atoms with Crippen LogP contribution in [0.3, 0.4) is 0 Å². The molecule has 16 heavy (non-hydrogen) atoms. The Balaban J connectivity index is 2.17. The maximum absolute atomic E-state index is 5.86. The van der Waals surface area contributed by atoms with E-state index in [0.29, 0.717) is 0 Å². The molecule has 1 aliphatic heterocycles. The zero-order chi connectivity index (χ0) is 11.4. The van der Waals surface area contributed by atoms with Crippen molar-refractivity contribution in [2.45, 2.75) is 39.2 Å². The van der Waals surface area contributed by atoms with Crippen LogP contribution in [0.1, 0.15) is 33.1 Å². The fraction of sp³-hybridized carbons (Fsp3) is 0.571. The zero-order valence-corrected chi connectivity index (χ0v) is 10.3. The van der Waals surface area contributed by atoms with E-state index in [1.807, 2.05) is 6.07 Å². The highest BCUT2D eigenvalue weighted by Gasteiger charge is 2.15. The lowest BCUT2D eigenvalue weighted by Crippen LogP contribution is -2.30. The summed E-state index contributed by atoms with van der Waals surface area (Å²) in [5.74, 6) is 1.03. The van der Waals surface area contributed by atoms with Crippen molar-refractivity contribution in [2.75, 3.05) is 18.0 Å². The van der Waals surface area contributed by atoms with E-state index in [0.717, 1.165) is 5.75 Å². The second-order valence-corrected chi connectivity index (χ2v) is 4.68. The highest BCUT2D eigenvalue weighted by Crippen LogP contribution is 2.30. The molecule has 88 valence electrons. The standard InChI is InChI=1S/C14H21NO/c1-12(2)16-14-9-5-4-8-13(14)15-10-6-3-7-11-15/h4-5,8-9,12H,3,6-7,10-11H2,1-2H3. The van der Waals surface area contributed by atoms with Gasteiger partial charge in [-0.25, -0.2) is 0 Å². The van der Waals surface area contributed by atoms with Crippen molar-refractivity contribution in [3.63, 3.8) is 0 Å². The van der Waals surface area contributed by atoms with Crippen molar-refractivity contribution in [2.24, 2.45) is 0 Å². The predicted molar refractivity (Wildman–Crippen MR) is 68.3 cm³/mol. The molecule has 2 rings (SSSR count). The number of nitrogens with zero attached hydrogens (tertiary/aromatic N) is 1.